The first-order valence-electron chi connectivity index (χ1n) is 7.97. The molecule has 0 spiro atoms. The molecule has 2 bridgehead atoms. The van der Waals surface area contributed by atoms with Gasteiger partial charge in [-0.25, -0.2) is 0 Å². The van der Waals surface area contributed by atoms with Gasteiger partial charge in [0.1, 0.15) is 0 Å². The molecule has 0 unspecified atom stereocenters. The van der Waals surface area contributed by atoms with Crippen molar-refractivity contribution >= 4 is 11.6 Å². The minimum Gasteiger partial charge on any atom is -0.394 e. The quantitative estimate of drug-likeness (QED) is 0.871. The lowest BCUT2D eigenvalue weighted by Gasteiger charge is -2.42. The molecule has 2 N–H and O–H groups in total. The number of benzene rings is 1. The van der Waals surface area contributed by atoms with Crippen LogP contribution in [0.5, 0.6) is 0 Å². The van der Waals surface area contributed by atoms with Crippen molar-refractivity contribution in [3.63, 3.8) is 0 Å². The highest BCUT2D eigenvalue weighted by molar-refractivity contribution is 5.94. The molecule has 4 rings (SSSR count). The first-order valence-corrected chi connectivity index (χ1v) is 7.97. The van der Waals surface area contributed by atoms with E-state index in [9.17, 15) is 9.59 Å². The van der Waals surface area contributed by atoms with Gasteiger partial charge in [-0.2, -0.15) is 0 Å². The SMILES string of the molecule is Nc1ccc2n(c1=O)C[C@@H]1C[C@@H]2CN(C(=O)c2ccccc2)C1. The molecule has 1 amide bonds. The maximum Gasteiger partial charge on any atom is 0.273 e. The maximum atomic E-state index is 12.7. The van der Waals surface area contributed by atoms with Crippen molar-refractivity contribution in [3.05, 3.63) is 64.1 Å². The molecule has 1 aromatic carbocycles. The summed E-state index contributed by atoms with van der Waals surface area (Å²) in [4.78, 5) is 26.9. The van der Waals surface area contributed by atoms with E-state index >= 15 is 0 Å². The lowest BCUT2D eigenvalue weighted by atomic mass is 9.83. The number of rotatable bonds is 1. The monoisotopic (exact) mass is 309 g/mol. The molecule has 5 heteroatoms. The number of nitrogen functional groups attached to an aromatic ring is 1. The molecular formula is C18H19N3O2. The largest absolute Gasteiger partial charge is 0.394 e. The lowest BCUT2D eigenvalue weighted by molar-refractivity contribution is 0.0594. The summed E-state index contributed by atoms with van der Waals surface area (Å²) in [5.74, 6) is 0.600. The van der Waals surface area contributed by atoms with Gasteiger partial charge >= 0.3 is 0 Å². The predicted octanol–water partition coefficient (Wildman–Crippen LogP) is 1.69. The molecule has 0 radical (unpaired) electrons. The van der Waals surface area contributed by atoms with E-state index in [4.69, 9.17) is 5.73 Å². The van der Waals surface area contributed by atoms with Gasteiger partial charge in [-0.1, -0.05) is 18.2 Å². The zero-order valence-corrected chi connectivity index (χ0v) is 12.8. The number of carbonyl (C=O) groups excluding carboxylic acids is 1. The van der Waals surface area contributed by atoms with Crippen molar-refractivity contribution in [2.45, 2.75) is 18.9 Å². The molecule has 5 nitrogen and oxygen atoms in total. The topological polar surface area (TPSA) is 68.3 Å². The molecular weight excluding hydrogens is 290 g/mol. The van der Waals surface area contributed by atoms with Crippen LogP contribution >= 0.6 is 0 Å². The summed E-state index contributed by atoms with van der Waals surface area (Å²) in [5, 5.41) is 0. The predicted molar refractivity (Wildman–Crippen MR) is 88.3 cm³/mol. The van der Waals surface area contributed by atoms with E-state index in [0.29, 0.717) is 31.2 Å². The second-order valence-corrected chi connectivity index (χ2v) is 6.50. The highest BCUT2D eigenvalue weighted by Gasteiger charge is 2.36. The van der Waals surface area contributed by atoms with Gasteiger partial charge in [0.05, 0.1) is 5.69 Å². The number of anilines is 1. The number of nitrogens with two attached hydrogens (primary N) is 1. The van der Waals surface area contributed by atoms with Crippen LogP contribution in [-0.4, -0.2) is 28.5 Å². The van der Waals surface area contributed by atoms with E-state index in [-0.39, 0.29) is 17.4 Å². The third-order valence-corrected chi connectivity index (χ3v) is 4.94. The summed E-state index contributed by atoms with van der Waals surface area (Å²) in [6.45, 7) is 2.01. The lowest BCUT2D eigenvalue weighted by Crippen LogP contribution is -2.49. The molecule has 1 aromatic heterocycles. The van der Waals surface area contributed by atoms with Gasteiger partial charge in [-0.15, -0.1) is 0 Å². The normalized spacial score (nSPS) is 22.5. The van der Waals surface area contributed by atoms with Gasteiger partial charge in [0.15, 0.2) is 0 Å². The van der Waals surface area contributed by atoms with Crippen molar-refractivity contribution in [3.8, 4) is 0 Å². The molecule has 2 aliphatic rings. The standard InChI is InChI=1S/C18H19N3O2/c19-15-6-7-16-14-8-12(10-21(16)18(15)23)9-20(11-14)17(22)13-4-2-1-3-5-13/h1-7,12,14H,8-11,19H2/t12-,14-/m1/s1. The van der Waals surface area contributed by atoms with E-state index in [0.717, 1.165) is 17.7 Å². The Morgan fingerprint density at radius 2 is 1.83 bits per heavy atom. The number of carbonyl (C=O) groups is 1. The van der Waals surface area contributed by atoms with Gasteiger partial charge in [-0.05, 0) is 36.6 Å². The van der Waals surface area contributed by atoms with Gasteiger partial charge < -0.3 is 15.2 Å². The number of hydrogen-bond acceptors (Lipinski definition) is 3. The van der Waals surface area contributed by atoms with Crippen LogP contribution < -0.4 is 11.3 Å². The third-order valence-electron chi connectivity index (χ3n) is 4.94. The van der Waals surface area contributed by atoms with Crippen molar-refractivity contribution in [2.24, 2.45) is 5.92 Å². The molecule has 2 atom stereocenters. The summed E-state index contributed by atoms with van der Waals surface area (Å²) in [6, 6.07) is 13.0. The second-order valence-electron chi connectivity index (χ2n) is 6.50. The first-order chi connectivity index (χ1) is 11.1. The molecule has 3 heterocycles. The van der Waals surface area contributed by atoms with Crippen LogP contribution in [0.4, 0.5) is 5.69 Å². The Morgan fingerprint density at radius 3 is 2.61 bits per heavy atom. The van der Waals surface area contributed by atoms with Crippen LogP contribution in [0.15, 0.2) is 47.3 Å². The Labute approximate surface area is 134 Å². The van der Waals surface area contributed by atoms with Crippen molar-refractivity contribution in [1.29, 1.82) is 0 Å². The number of amides is 1. The van der Waals surface area contributed by atoms with Gasteiger partial charge in [0, 0.05) is 36.8 Å². The number of fused-ring (bicyclic) bond motifs is 4. The highest BCUT2D eigenvalue weighted by Crippen LogP contribution is 2.35. The zero-order chi connectivity index (χ0) is 16.0. The van der Waals surface area contributed by atoms with E-state index in [1.54, 1.807) is 10.6 Å². The number of hydrogen-bond donors (Lipinski definition) is 1. The molecule has 2 aliphatic heterocycles. The molecule has 0 aliphatic carbocycles. The van der Waals surface area contributed by atoms with Gasteiger partial charge in [-0.3, -0.25) is 9.59 Å². The molecule has 2 aromatic rings. The van der Waals surface area contributed by atoms with Crippen molar-refractivity contribution in [2.75, 3.05) is 18.8 Å². The number of piperidine rings is 1. The highest BCUT2D eigenvalue weighted by atomic mass is 16.2. The fourth-order valence-electron chi connectivity index (χ4n) is 3.89. The molecule has 23 heavy (non-hydrogen) atoms. The van der Waals surface area contributed by atoms with E-state index in [1.165, 1.54) is 0 Å². The van der Waals surface area contributed by atoms with Crippen LogP contribution in [0.1, 0.15) is 28.4 Å². The van der Waals surface area contributed by atoms with Crippen LogP contribution in [0.2, 0.25) is 0 Å². The first kappa shape index (κ1) is 14.1. The Kier molecular flexibility index (Phi) is 3.22. The number of nitrogens with zero attached hydrogens (tertiary/aromatic N) is 2. The van der Waals surface area contributed by atoms with E-state index in [2.05, 4.69) is 0 Å². The Bertz CT molecular complexity index is 813. The van der Waals surface area contributed by atoms with Gasteiger partial charge in [0.25, 0.3) is 11.5 Å². The van der Waals surface area contributed by atoms with Crippen molar-refractivity contribution in [1.82, 2.24) is 9.47 Å². The molecule has 1 fully saturated rings. The van der Waals surface area contributed by atoms with Crippen molar-refractivity contribution < 1.29 is 4.79 Å². The van der Waals surface area contributed by atoms with Crippen LogP contribution in [0, 0.1) is 5.92 Å². The molecule has 1 saturated heterocycles. The summed E-state index contributed by atoms with van der Waals surface area (Å²) in [7, 11) is 0. The second kappa shape index (κ2) is 5.26. The Morgan fingerprint density at radius 1 is 1.04 bits per heavy atom. The summed E-state index contributed by atoms with van der Waals surface area (Å²) < 4.78 is 1.80. The Hall–Kier alpha value is -2.56. The average molecular weight is 309 g/mol. The summed E-state index contributed by atoms with van der Waals surface area (Å²) >= 11 is 0. The zero-order valence-electron chi connectivity index (χ0n) is 12.8. The maximum absolute atomic E-state index is 12.7. The average Bonchev–Trinajstić information content (AvgIpc) is 2.58. The molecule has 0 saturated carbocycles. The fraction of sp³-hybridized carbons (Fsp3) is 0.333. The molecule has 118 valence electrons. The van der Waals surface area contributed by atoms with Gasteiger partial charge in [0.2, 0.25) is 0 Å². The smallest absolute Gasteiger partial charge is 0.273 e. The number of pyridine rings is 1. The third kappa shape index (κ3) is 2.32. The van der Waals surface area contributed by atoms with Crippen LogP contribution in [0.3, 0.4) is 0 Å². The summed E-state index contributed by atoms with van der Waals surface area (Å²) in [6.07, 6.45) is 1.03. The van der Waals surface area contributed by atoms with E-state index in [1.807, 2.05) is 41.3 Å². The van der Waals surface area contributed by atoms with Crippen LogP contribution in [0.25, 0.3) is 0 Å². The van der Waals surface area contributed by atoms with Crippen LogP contribution in [-0.2, 0) is 6.54 Å². The fourth-order valence-corrected chi connectivity index (χ4v) is 3.89. The minimum atomic E-state index is -0.0972. The summed E-state index contributed by atoms with van der Waals surface area (Å²) in [5.41, 5.74) is 7.68. The number of likely N-dealkylation sites (tertiary alicyclic amines) is 1. The van der Waals surface area contributed by atoms with E-state index < -0.39 is 0 Å². The minimum absolute atomic E-state index is 0.0755. The number of aromatic nitrogens is 1. The Balaban J connectivity index is 1.65.